The number of carbonyl (C=O) groups is 1. The Morgan fingerprint density at radius 3 is 2.40 bits per heavy atom. The van der Waals surface area contributed by atoms with Gasteiger partial charge in [0.1, 0.15) is 18.1 Å². The summed E-state index contributed by atoms with van der Waals surface area (Å²) in [7, 11) is 1.64. The first kappa shape index (κ1) is 20.3. The van der Waals surface area contributed by atoms with Crippen LogP contribution in [0, 0.1) is 0 Å². The number of likely N-dealkylation sites (tertiary alicyclic amines) is 1. The van der Waals surface area contributed by atoms with Gasteiger partial charge in [-0.05, 0) is 66.4 Å². The van der Waals surface area contributed by atoms with E-state index in [9.17, 15) is 4.79 Å². The summed E-state index contributed by atoms with van der Waals surface area (Å²) in [5.74, 6) is 1.61. The van der Waals surface area contributed by atoms with Gasteiger partial charge in [0.2, 0.25) is 0 Å². The smallest absolute Gasteiger partial charge is 0.254 e. The van der Waals surface area contributed by atoms with Crippen molar-refractivity contribution >= 4 is 17.5 Å². The fraction of sp³-hybridized carbons (Fsp3) is 0.240. The van der Waals surface area contributed by atoms with Crippen LogP contribution in [0.25, 0.3) is 0 Å². The monoisotopic (exact) mass is 421 g/mol. The van der Waals surface area contributed by atoms with Crippen molar-refractivity contribution in [3.63, 3.8) is 0 Å². The van der Waals surface area contributed by atoms with Gasteiger partial charge in [-0.3, -0.25) is 4.79 Å². The zero-order valence-electron chi connectivity index (χ0n) is 16.9. The molecule has 30 heavy (non-hydrogen) atoms. The maximum Gasteiger partial charge on any atom is 0.254 e. The maximum absolute atomic E-state index is 13.1. The van der Waals surface area contributed by atoms with Crippen molar-refractivity contribution in [1.29, 1.82) is 0 Å². The summed E-state index contributed by atoms with van der Waals surface area (Å²) in [5.41, 5.74) is 2.71. The summed E-state index contributed by atoms with van der Waals surface area (Å²) < 4.78 is 11.0. The molecule has 1 amide bonds. The molecule has 4 rings (SSSR count). The predicted molar refractivity (Wildman–Crippen MR) is 118 cm³/mol. The van der Waals surface area contributed by atoms with Crippen LogP contribution in [0.2, 0.25) is 5.02 Å². The molecule has 0 saturated carbocycles. The lowest BCUT2D eigenvalue weighted by Crippen LogP contribution is -2.30. The minimum Gasteiger partial charge on any atom is -0.497 e. The molecule has 1 aliphatic rings. The van der Waals surface area contributed by atoms with Gasteiger partial charge in [0, 0.05) is 17.1 Å². The molecule has 0 radical (unpaired) electrons. The van der Waals surface area contributed by atoms with E-state index in [1.807, 2.05) is 77.7 Å². The lowest BCUT2D eigenvalue weighted by Gasteiger charge is -2.26. The molecule has 0 aliphatic carbocycles. The van der Waals surface area contributed by atoms with Crippen molar-refractivity contribution in [2.24, 2.45) is 0 Å². The number of rotatable bonds is 6. The molecular formula is C25H24ClNO3. The minimum absolute atomic E-state index is 0.0317. The van der Waals surface area contributed by atoms with Crippen LogP contribution in [-0.4, -0.2) is 24.5 Å². The van der Waals surface area contributed by atoms with Gasteiger partial charge < -0.3 is 14.4 Å². The van der Waals surface area contributed by atoms with E-state index >= 15 is 0 Å². The van der Waals surface area contributed by atoms with Gasteiger partial charge >= 0.3 is 0 Å². The fourth-order valence-electron chi connectivity index (χ4n) is 3.83. The Morgan fingerprint density at radius 1 is 1.00 bits per heavy atom. The third kappa shape index (κ3) is 4.44. The highest BCUT2D eigenvalue weighted by Gasteiger charge is 2.31. The highest BCUT2D eigenvalue weighted by Crippen LogP contribution is 2.36. The number of halogens is 1. The Hall–Kier alpha value is -2.98. The number of hydrogen-bond acceptors (Lipinski definition) is 3. The van der Waals surface area contributed by atoms with Crippen molar-refractivity contribution in [2.75, 3.05) is 13.7 Å². The van der Waals surface area contributed by atoms with Crippen molar-refractivity contribution in [3.05, 3.63) is 94.5 Å². The molecule has 3 aromatic rings. The summed E-state index contributed by atoms with van der Waals surface area (Å²) in [6, 6.07) is 22.9. The standard InChI is InChI=1S/C25H24ClNO3/c1-29-20-12-14-21(15-13-20)30-17-18-8-10-19(11-9-18)25(28)27-16-4-7-24(27)22-5-2-3-6-23(22)26/h2-3,5-6,8-15,24H,4,7,16-17H2,1H3/t24-/m1/s1. The zero-order chi connectivity index (χ0) is 20.9. The molecule has 1 heterocycles. The average Bonchev–Trinajstić information content (AvgIpc) is 3.28. The average molecular weight is 422 g/mol. The van der Waals surface area contributed by atoms with Gasteiger partial charge in [0.15, 0.2) is 0 Å². The first-order valence-electron chi connectivity index (χ1n) is 10.1. The van der Waals surface area contributed by atoms with E-state index in [1.165, 1.54) is 0 Å². The van der Waals surface area contributed by atoms with Crippen LogP contribution < -0.4 is 9.47 Å². The number of carbonyl (C=O) groups excluding carboxylic acids is 1. The Balaban J connectivity index is 1.41. The topological polar surface area (TPSA) is 38.8 Å². The van der Waals surface area contributed by atoms with E-state index in [4.69, 9.17) is 21.1 Å². The molecule has 5 heteroatoms. The second-order valence-electron chi connectivity index (χ2n) is 7.34. The third-order valence-electron chi connectivity index (χ3n) is 5.44. The largest absolute Gasteiger partial charge is 0.497 e. The van der Waals surface area contributed by atoms with Crippen LogP contribution in [0.1, 0.15) is 40.4 Å². The normalized spacial score (nSPS) is 15.8. The van der Waals surface area contributed by atoms with Gasteiger partial charge in [-0.1, -0.05) is 41.9 Å². The van der Waals surface area contributed by atoms with Gasteiger partial charge in [-0.25, -0.2) is 0 Å². The highest BCUT2D eigenvalue weighted by molar-refractivity contribution is 6.31. The molecule has 0 spiro atoms. The van der Waals surface area contributed by atoms with Crippen molar-refractivity contribution in [2.45, 2.75) is 25.5 Å². The van der Waals surface area contributed by atoms with Crippen molar-refractivity contribution in [3.8, 4) is 11.5 Å². The van der Waals surface area contributed by atoms with Crippen LogP contribution in [0.3, 0.4) is 0 Å². The number of hydrogen-bond donors (Lipinski definition) is 0. The van der Waals surface area contributed by atoms with E-state index in [2.05, 4.69) is 0 Å². The second kappa shape index (κ2) is 9.23. The van der Waals surface area contributed by atoms with Crippen LogP contribution in [0.5, 0.6) is 11.5 Å². The fourth-order valence-corrected chi connectivity index (χ4v) is 4.09. The Kier molecular flexibility index (Phi) is 6.24. The van der Waals surface area contributed by atoms with E-state index < -0.39 is 0 Å². The van der Waals surface area contributed by atoms with Crippen LogP contribution in [0.4, 0.5) is 0 Å². The quantitative estimate of drug-likeness (QED) is 0.497. The molecule has 3 aromatic carbocycles. The van der Waals surface area contributed by atoms with Gasteiger partial charge in [-0.15, -0.1) is 0 Å². The molecule has 0 unspecified atom stereocenters. The van der Waals surface area contributed by atoms with Crippen LogP contribution in [-0.2, 0) is 6.61 Å². The summed E-state index contributed by atoms with van der Waals surface area (Å²) in [6.07, 6.45) is 1.92. The van der Waals surface area contributed by atoms with E-state index in [-0.39, 0.29) is 11.9 Å². The Bertz CT molecular complexity index is 1000. The Morgan fingerprint density at radius 2 is 1.70 bits per heavy atom. The summed E-state index contributed by atoms with van der Waals surface area (Å²) in [4.78, 5) is 15.1. The van der Waals surface area contributed by atoms with E-state index in [0.717, 1.165) is 42.0 Å². The second-order valence-corrected chi connectivity index (χ2v) is 7.75. The van der Waals surface area contributed by atoms with Crippen molar-refractivity contribution in [1.82, 2.24) is 4.90 Å². The lowest BCUT2D eigenvalue weighted by molar-refractivity contribution is 0.0735. The van der Waals surface area contributed by atoms with Crippen LogP contribution in [0.15, 0.2) is 72.8 Å². The molecule has 154 valence electrons. The molecule has 1 atom stereocenters. The number of ether oxygens (including phenoxy) is 2. The molecule has 0 N–H and O–H groups in total. The molecular weight excluding hydrogens is 398 g/mol. The molecule has 1 saturated heterocycles. The van der Waals surface area contributed by atoms with E-state index in [1.54, 1.807) is 7.11 Å². The summed E-state index contributed by atoms with van der Waals surface area (Å²) >= 11 is 6.38. The van der Waals surface area contributed by atoms with Crippen molar-refractivity contribution < 1.29 is 14.3 Å². The Labute approximate surface area is 182 Å². The van der Waals surface area contributed by atoms with Gasteiger partial charge in [0.25, 0.3) is 5.91 Å². The first-order valence-corrected chi connectivity index (χ1v) is 10.4. The van der Waals surface area contributed by atoms with Gasteiger partial charge in [-0.2, -0.15) is 0 Å². The number of methoxy groups -OCH3 is 1. The molecule has 1 aliphatic heterocycles. The minimum atomic E-state index is 0.0317. The summed E-state index contributed by atoms with van der Waals surface area (Å²) in [5, 5.41) is 0.716. The van der Waals surface area contributed by atoms with E-state index in [0.29, 0.717) is 17.2 Å². The van der Waals surface area contributed by atoms with Crippen LogP contribution >= 0.6 is 11.6 Å². The molecule has 4 nitrogen and oxygen atoms in total. The SMILES string of the molecule is COc1ccc(OCc2ccc(C(=O)N3CCC[C@@H]3c3ccccc3Cl)cc2)cc1. The summed E-state index contributed by atoms with van der Waals surface area (Å²) in [6.45, 7) is 1.18. The zero-order valence-corrected chi connectivity index (χ0v) is 17.6. The number of nitrogens with zero attached hydrogens (tertiary/aromatic N) is 1. The first-order chi connectivity index (χ1) is 14.7. The number of benzene rings is 3. The van der Waals surface area contributed by atoms with Gasteiger partial charge in [0.05, 0.1) is 13.2 Å². The molecule has 1 fully saturated rings. The maximum atomic E-state index is 13.1. The third-order valence-corrected chi connectivity index (χ3v) is 5.79. The molecule has 0 aromatic heterocycles. The number of amides is 1. The molecule has 0 bridgehead atoms. The lowest BCUT2D eigenvalue weighted by atomic mass is 10.0. The highest BCUT2D eigenvalue weighted by atomic mass is 35.5. The predicted octanol–water partition coefficient (Wildman–Crippen LogP) is 5.90.